The third-order valence-corrected chi connectivity index (χ3v) is 5.18. The molecule has 1 amide bonds. The SMILES string of the molecule is CN(CCCO)c1ccc(C(=O)N2CCCC[C@@H]2CCn2cccn2)cn1. The van der Waals surface area contributed by atoms with Gasteiger partial charge < -0.3 is 14.9 Å². The molecule has 0 aromatic carbocycles. The van der Waals surface area contributed by atoms with Gasteiger partial charge in [-0.1, -0.05) is 0 Å². The first-order valence-electron chi connectivity index (χ1n) is 9.75. The molecule has 1 fully saturated rings. The fourth-order valence-corrected chi connectivity index (χ4v) is 3.61. The standard InChI is InChI=1S/C20H29N5O2/c1-23(11-5-15-26)19-8-7-17(16-21-19)20(27)25-13-3-2-6-18(25)9-14-24-12-4-10-22-24/h4,7-8,10,12,16,18,26H,2-3,5-6,9,11,13-15H2,1H3/t18-/m1/s1. The van der Waals surface area contributed by atoms with Gasteiger partial charge in [0.2, 0.25) is 0 Å². The van der Waals surface area contributed by atoms with Gasteiger partial charge in [0, 0.05) is 57.9 Å². The first kappa shape index (κ1) is 19.4. The average Bonchev–Trinajstić information content (AvgIpc) is 3.24. The van der Waals surface area contributed by atoms with Gasteiger partial charge in [-0.3, -0.25) is 9.48 Å². The van der Waals surface area contributed by atoms with Crippen LogP contribution < -0.4 is 4.90 Å². The van der Waals surface area contributed by atoms with Crippen LogP contribution in [0.25, 0.3) is 0 Å². The van der Waals surface area contributed by atoms with Gasteiger partial charge in [-0.2, -0.15) is 5.10 Å². The third-order valence-electron chi connectivity index (χ3n) is 5.18. The van der Waals surface area contributed by atoms with Crippen LogP contribution in [0.1, 0.15) is 42.5 Å². The zero-order valence-electron chi connectivity index (χ0n) is 16.0. The number of aliphatic hydroxyl groups is 1. The minimum absolute atomic E-state index is 0.0669. The maximum Gasteiger partial charge on any atom is 0.255 e. The maximum absolute atomic E-state index is 13.0. The Hall–Kier alpha value is -2.41. The number of aromatic nitrogens is 3. The average molecular weight is 371 g/mol. The summed E-state index contributed by atoms with van der Waals surface area (Å²) in [6, 6.07) is 5.92. The minimum atomic E-state index is 0.0669. The molecule has 2 aromatic heterocycles. The van der Waals surface area contributed by atoms with Crippen LogP contribution in [-0.2, 0) is 6.54 Å². The van der Waals surface area contributed by atoms with Gasteiger partial charge in [-0.25, -0.2) is 4.98 Å². The number of hydrogen-bond acceptors (Lipinski definition) is 5. The van der Waals surface area contributed by atoms with Gasteiger partial charge in [0.15, 0.2) is 0 Å². The number of piperidine rings is 1. The van der Waals surface area contributed by atoms with E-state index in [1.807, 2.05) is 45.9 Å². The van der Waals surface area contributed by atoms with Crippen LogP contribution in [0.3, 0.4) is 0 Å². The molecule has 7 heteroatoms. The van der Waals surface area contributed by atoms with Crippen molar-refractivity contribution in [3.8, 4) is 0 Å². The van der Waals surface area contributed by atoms with Crippen molar-refractivity contribution in [1.82, 2.24) is 19.7 Å². The second-order valence-corrected chi connectivity index (χ2v) is 7.11. The van der Waals surface area contributed by atoms with Crippen molar-refractivity contribution in [3.05, 3.63) is 42.4 Å². The lowest BCUT2D eigenvalue weighted by Gasteiger charge is -2.36. The zero-order chi connectivity index (χ0) is 19.1. The van der Waals surface area contributed by atoms with E-state index < -0.39 is 0 Å². The van der Waals surface area contributed by atoms with Crippen molar-refractivity contribution in [2.75, 3.05) is 31.6 Å². The normalized spacial score (nSPS) is 17.1. The number of nitrogens with zero attached hydrogens (tertiary/aromatic N) is 5. The van der Waals surface area contributed by atoms with Crippen LogP contribution in [-0.4, -0.2) is 63.5 Å². The van der Waals surface area contributed by atoms with Crippen LogP contribution >= 0.6 is 0 Å². The molecular weight excluding hydrogens is 342 g/mol. The van der Waals surface area contributed by atoms with E-state index in [1.165, 1.54) is 6.42 Å². The molecule has 3 rings (SSSR count). The molecule has 1 saturated heterocycles. The number of pyridine rings is 1. The van der Waals surface area contributed by atoms with Gasteiger partial charge >= 0.3 is 0 Å². The molecule has 1 aliphatic rings. The number of likely N-dealkylation sites (tertiary alicyclic amines) is 1. The fraction of sp³-hybridized carbons (Fsp3) is 0.550. The molecule has 3 heterocycles. The zero-order valence-corrected chi connectivity index (χ0v) is 16.0. The molecule has 0 spiro atoms. The smallest absolute Gasteiger partial charge is 0.255 e. The first-order valence-corrected chi connectivity index (χ1v) is 9.75. The first-order chi connectivity index (χ1) is 13.2. The predicted molar refractivity (Wildman–Crippen MR) is 105 cm³/mol. The summed E-state index contributed by atoms with van der Waals surface area (Å²) < 4.78 is 1.93. The molecule has 146 valence electrons. The highest BCUT2D eigenvalue weighted by Gasteiger charge is 2.27. The summed E-state index contributed by atoms with van der Waals surface area (Å²) in [6.07, 6.45) is 10.3. The highest BCUT2D eigenvalue weighted by Crippen LogP contribution is 2.23. The van der Waals surface area contributed by atoms with E-state index in [-0.39, 0.29) is 18.6 Å². The van der Waals surface area contributed by atoms with Crippen LogP contribution in [0.2, 0.25) is 0 Å². The van der Waals surface area contributed by atoms with Crippen LogP contribution in [0.4, 0.5) is 5.82 Å². The van der Waals surface area contributed by atoms with Crippen molar-refractivity contribution in [3.63, 3.8) is 0 Å². The van der Waals surface area contributed by atoms with Gasteiger partial charge in [-0.05, 0) is 50.3 Å². The molecule has 1 N–H and O–H groups in total. The van der Waals surface area contributed by atoms with Crippen molar-refractivity contribution < 1.29 is 9.90 Å². The van der Waals surface area contributed by atoms with Crippen molar-refractivity contribution in [1.29, 1.82) is 0 Å². The molecule has 2 aromatic rings. The van der Waals surface area contributed by atoms with Crippen molar-refractivity contribution in [2.24, 2.45) is 0 Å². The van der Waals surface area contributed by atoms with Gasteiger partial charge in [0.1, 0.15) is 5.82 Å². The number of hydrogen-bond donors (Lipinski definition) is 1. The lowest BCUT2D eigenvalue weighted by Crippen LogP contribution is -2.44. The number of aliphatic hydroxyl groups excluding tert-OH is 1. The molecule has 1 atom stereocenters. The summed E-state index contributed by atoms with van der Waals surface area (Å²) >= 11 is 0. The molecule has 0 bridgehead atoms. The second kappa shape index (κ2) is 9.50. The predicted octanol–water partition coefficient (Wildman–Crippen LogP) is 2.18. The summed E-state index contributed by atoms with van der Waals surface area (Å²) in [5.74, 6) is 0.881. The maximum atomic E-state index is 13.0. The Morgan fingerprint density at radius 3 is 2.96 bits per heavy atom. The second-order valence-electron chi connectivity index (χ2n) is 7.11. The van der Waals surface area contributed by atoms with Crippen LogP contribution in [0.15, 0.2) is 36.8 Å². The Morgan fingerprint density at radius 1 is 1.37 bits per heavy atom. The highest BCUT2D eigenvalue weighted by molar-refractivity contribution is 5.94. The molecule has 0 saturated carbocycles. The molecule has 7 nitrogen and oxygen atoms in total. The van der Waals surface area contributed by atoms with E-state index in [9.17, 15) is 4.79 Å². The molecule has 27 heavy (non-hydrogen) atoms. The van der Waals surface area contributed by atoms with E-state index in [1.54, 1.807) is 12.4 Å². The van der Waals surface area contributed by atoms with Crippen molar-refractivity contribution in [2.45, 2.75) is 44.7 Å². The Balaban J connectivity index is 1.63. The van der Waals surface area contributed by atoms with E-state index >= 15 is 0 Å². The number of carbonyl (C=O) groups excluding carboxylic acids is 1. The number of aryl methyl sites for hydroxylation is 1. The fourth-order valence-electron chi connectivity index (χ4n) is 3.61. The molecule has 0 radical (unpaired) electrons. The lowest BCUT2D eigenvalue weighted by atomic mass is 9.98. The lowest BCUT2D eigenvalue weighted by molar-refractivity contribution is 0.0593. The van der Waals surface area contributed by atoms with Gasteiger partial charge in [0.05, 0.1) is 5.56 Å². The van der Waals surface area contributed by atoms with E-state index in [4.69, 9.17) is 5.11 Å². The van der Waals surface area contributed by atoms with Crippen LogP contribution in [0.5, 0.6) is 0 Å². The molecule has 0 unspecified atom stereocenters. The Labute approximate surface area is 160 Å². The van der Waals surface area contributed by atoms with Crippen molar-refractivity contribution >= 4 is 11.7 Å². The molecule has 0 aliphatic carbocycles. The van der Waals surface area contributed by atoms with E-state index in [0.29, 0.717) is 12.0 Å². The Bertz CT molecular complexity index is 702. The largest absolute Gasteiger partial charge is 0.396 e. The van der Waals surface area contributed by atoms with Gasteiger partial charge in [-0.15, -0.1) is 0 Å². The summed E-state index contributed by atoms with van der Waals surface area (Å²) in [6.45, 7) is 2.53. The minimum Gasteiger partial charge on any atom is -0.396 e. The van der Waals surface area contributed by atoms with E-state index in [0.717, 1.165) is 44.7 Å². The highest BCUT2D eigenvalue weighted by atomic mass is 16.3. The van der Waals surface area contributed by atoms with Gasteiger partial charge in [0.25, 0.3) is 5.91 Å². The number of carbonyl (C=O) groups is 1. The summed E-state index contributed by atoms with van der Waals surface area (Å²) in [5, 5.41) is 13.2. The topological polar surface area (TPSA) is 74.5 Å². The van der Waals surface area contributed by atoms with E-state index in [2.05, 4.69) is 10.1 Å². The number of anilines is 1. The monoisotopic (exact) mass is 371 g/mol. The summed E-state index contributed by atoms with van der Waals surface area (Å²) in [5.41, 5.74) is 0.639. The summed E-state index contributed by atoms with van der Waals surface area (Å²) in [4.78, 5) is 21.5. The molecular formula is C20H29N5O2. The quantitative estimate of drug-likeness (QED) is 0.770. The molecule has 1 aliphatic heterocycles. The number of amides is 1. The van der Waals surface area contributed by atoms with Crippen LogP contribution in [0, 0.1) is 0 Å². The Morgan fingerprint density at radius 2 is 2.26 bits per heavy atom. The third kappa shape index (κ3) is 5.07. The Kier molecular flexibility index (Phi) is 6.81. The summed E-state index contributed by atoms with van der Waals surface area (Å²) in [7, 11) is 1.94. The number of rotatable bonds is 8.